The van der Waals surface area contributed by atoms with Crippen LogP contribution in [0.5, 0.6) is 11.5 Å². The lowest BCUT2D eigenvalue weighted by Gasteiger charge is -2.15. The van der Waals surface area contributed by atoms with Crippen LogP contribution >= 0.6 is 23.5 Å². The second-order valence-electron chi connectivity index (χ2n) is 16.3. The number of ketones is 1. The summed E-state index contributed by atoms with van der Waals surface area (Å²) in [5.74, 6) is 13.4. The quantitative estimate of drug-likeness (QED) is 0.0775. The van der Waals surface area contributed by atoms with E-state index in [2.05, 4.69) is 38.6 Å². The first-order valence-corrected chi connectivity index (χ1v) is 24.5. The number of aromatic nitrogens is 6. The number of Topliss-reactive ketones (excluding diaryl/α,β-unsaturated/α-hetero) is 1. The Morgan fingerprint density at radius 2 is 1.12 bits per heavy atom. The van der Waals surface area contributed by atoms with Gasteiger partial charge < -0.3 is 26.8 Å². The molecule has 8 rings (SSSR count). The Labute approximate surface area is 416 Å². The largest absolute Gasteiger partial charge is 0.487 e. The van der Waals surface area contributed by atoms with Crippen LogP contribution < -0.4 is 21.4 Å². The van der Waals surface area contributed by atoms with Crippen molar-refractivity contribution in [3.8, 4) is 46.6 Å². The molecule has 0 saturated heterocycles. The summed E-state index contributed by atoms with van der Waals surface area (Å²) >= 11 is 3.46. The van der Waals surface area contributed by atoms with Gasteiger partial charge in [0.15, 0.2) is 21.8 Å². The molecule has 2 fully saturated rings. The van der Waals surface area contributed by atoms with E-state index in [0.29, 0.717) is 27.6 Å². The van der Waals surface area contributed by atoms with E-state index in [0.717, 1.165) is 81.1 Å². The fraction of sp³-hybridized carbons (Fsp3) is 0.370. The number of thioether (sulfide) groups is 2. The fourth-order valence-corrected chi connectivity index (χ4v) is 10.6. The van der Waals surface area contributed by atoms with Gasteiger partial charge in [-0.2, -0.15) is 0 Å². The monoisotopic (exact) mass is 970 g/mol. The molecule has 4 heterocycles. The number of ether oxygens (including phenoxy) is 2. The van der Waals surface area contributed by atoms with Crippen LogP contribution in [-0.2, 0) is 13.2 Å². The molecule has 6 aromatic rings. The van der Waals surface area contributed by atoms with Crippen molar-refractivity contribution in [3.63, 3.8) is 0 Å². The van der Waals surface area contributed by atoms with Gasteiger partial charge in [0.25, 0.3) is 5.91 Å². The number of nitrogens with zero attached hydrogens (tertiary/aromatic N) is 6. The molecule has 2 saturated carbocycles. The van der Waals surface area contributed by atoms with Gasteiger partial charge in [-0.1, -0.05) is 94.2 Å². The van der Waals surface area contributed by atoms with Crippen molar-refractivity contribution in [2.45, 2.75) is 140 Å². The number of hydrogen-bond donors (Lipinski definition) is 2. The maximum atomic E-state index is 12.5. The number of hydrogen-bond acceptors (Lipinski definition) is 11. The maximum Gasteiger partial charge on any atom is 0.269 e. The summed E-state index contributed by atoms with van der Waals surface area (Å²) < 4.78 is 16.3. The van der Waals surface area contributed by atoms with E-state index in [1.54, 1.807) is 55.2 Å². The van der Waals surface area contributed by atoms with Crippen molar-refractivity contribution in [2.75, 3.05) is 0 Å². The highest BCUT2D eigenvalue weighted by Crippen LogP contribution is 2.38. The highest BCUT2D eigenvalue weighted by atomic mass is 32.2. The molecule has 1 amide bonds. The number of rotatable bonds is 14. The summed E-state index contributed by atoms with van der Waals surface area (Å²) in [5, 5.41) is 2.59. The van der Waals surface area contributed by atoms with Crippen molar-refractivity contribution in [2.24, 2.45) is 5.73 Å². The lowest BCUT2D eigenvalue weighted by Crippen LogP contribution is -2.16. The molecule has 0 unspecified atom stereocenters. The second-order valence-corrected chi connectivity index (χ2v) is 18.8. The molecule has 0 aliphatic heterocycles. The van der Waals surface area contributed by atoms with E-state index in [9.17, 15) is 9.59 Å². The third-order valence-corrected chi connectivity index (χ3v) is 13.9. The Balaban J connectivity index is 0.000000288. The summed E-state index contributed by atoms with van der Waals surface area (Å²) in [5.41, 5.74) is 13.6. The smallest absolute Gasteiger partial charge is 0.269 e. The molecular weight excluding hydrogens is 905 g/mol. The van der Waals surface area contributed by atoms with Gasteiger partial charge in [0, 0.05) is 53.8 Å². The lowest BCUT2D eigenvalue weighted by molar-refractivity contribution is 0.0989. The van der Waals surface area contributed by atoms with Gasteiger partial charge in [0.05, 0.1) is 35.2 Å². The molecule has 2 aromatic carbocycles. The zero-order chi connectivity index (χ0) is 46.4. The molecule has 2 aliphatic carbocycles. The van der Waals surface area contributed by atoms with E-state index < -0.39 is 5.91 Å². The van der Waals surface area contributed by atoms with Gasteiger partial charge in [-0.3, -0.25) is 28.7 Å². The van der Waals surface area contributed by atoms with Gasteiger partial charge in [-0.05, 0) is 111 Å². The predicted octanol–water partition coefficient (Wildman–Crippen LogP) is 11.2. The van der Waals surface area contributed by atoms with Crippen molar-refractivity contribution in [3.05, 3.63) is 130 Å². The molecule has 69 heavy (non-hydrogen) atoms. The van der Waals surface area contributed by atoms with Crippen LogP contribution in [0, 0.1) is 37.5 Å². The van der Waals surface area contributed by atoms with Crippen LogP contribution in [0.15, 0.2) is 95.8 Å². The number of imidazole rings is 2. The Morgan fingerprint density at radius 1 is 0.696 bits per heavy atom. The molecule has 13 nitrogen and oxygen atoms in total. The third-order valence-electron chi connectivity index (χ3n) is 11.4. The van der Waals surface area contributed by atoms with Gasteiger partial charge in [0.1, 0.15) is 30.4 Å². The fourth-order valence-electron chi connectivity index (χ4n) is 7.98. The minimum atomic E-state index is -0.564. The zero-order valence-electron chi connectivity index (χ0n) is 39.6. The Bertz CT molecular complexity index is 2570. The SMILES string of the molecule is C.CCC#Cc1ccc(OCc2c(C(C)=O)nc(SC3CCCC3)n2-c2cccnc2)cc1C.CCC#Cc1ccc(OCc2c(C(N)=O)nc(SC3CCCC3)n2-c2cccnc2)cc1C.N.O. The zero-order valence-corrected chi connectivity index (χ0v) is 41.3. The summed E-state index contributed by atoms with van der Waals surface area (Å²) in [7, 11) is 0. The highest BCUT2D eigenvalue weighted by molar-refractivity contribution is 8.00. The van der Waals surface area contributed by atoms with E-state index in [4.69, 9.17) is 20.2 Å². The van der Waals surface area contributed by atoms with E-state index in [1.807, 2.05) is 97.5 Å². The van der Waals surface area contributed by atoms with Crippen LogP contribution in [0.1, 0.15) is 147 Å². The Hall–Kier alpha value is -6.36. The van der Waals surface area contributed by atoms with Crippen LogP contribution in [0.25, 0.3) is 11.4 Å². The number of pyridine rings is 2. The Morgan fingerprint density at radius 3 is 1.48 bits per heavy atom. The molecule has 364 valence electrons. The van der Waals surface area contributed by atoms with Crippen LogP contribution in [-0.4, -0.2) is 56.7 Å². The molecule has 0 radical (unpaired) electrons. The van der Waals surface area contributed by atoms with Crippen LogP contribution in [0.2, 0.25) is 0 Å². The molecule has 0 atom stereocenters. The number of amides is 1. The summed E-state index contributed by atoms with van der Waals surface area (Å²) in [6.07, 6.45) is 18.3. The van der Waals surface area contributed by atoms with E-state index in [1.165, 1.54) is 38.5 Å². The minimum Gasteiger partial charge on any atom is -0.487 e. The van der Waals surface area contributed by atoms with E-state index >= 15 is 0 Å². The minimum absolute atomic E-state index is 0. The van der Waals surface area contributed by atoms with Crippen molar-refractivity contribution < 1.29 is 24.5 Å². The molecule has 2 aliphatic rings. The average Bonchev–Trinajstić information content (AvgIpc) is 4.16. The van der Waals surface area contributed by atoms with Crippen molar-refractivity contribution >= 4 is 35.2 Å². The molecular formula is C54H66N8O5S2. The maximum absolute atomic E-state index is 12.5. The number of primary amides is 1. The lowest BCUT2D eigenvalue weighted by atomic mass is 10.1. The second kappa shape index (κ2) is 27.0. The number of nitrogens with two attached hydrogens (primary N) is 1. The first-order chi connectivity index (χ1) is 32.1. The average molecular weight is 971 g/mol. The normalized spacial score (nSPS) is 12.9. The standard InChI is InChI=1S/C27H29N3O2S.C26H28N4O2S.CH4.H3N.H2O/c1-4-5-9-21-13-14-23(16-19(21)2)32-18-25-26(20(3)31)29-27(33-24-11-6-7-12-24)30(25)22-10-8-15-28-17-22;1-3-4-8-19-12-13-21(15-18(19)2)32-17-23-24(25(27)31)29-26(33-22-10-5-6-11-22)30(23)20-9-7-14-28-16-20;;;/h8,10,13-17,24H,4,6-7,11-12,18H2,1-3H3;7,9,12-16,22H,3,5-6,10-11,17H2,1-2H3,(H2,27,31);1H4;1H3;1H2. The van der Waals surface area contributed by atoms with Crippen LogP contribution in [0.4, 0.5) is 0 Å². The first-order valence-electron chi connectivity index (χ1n) is 22.8. The summed E-state index contributed by atoms with van der Waals surface area (Å²) in [6.45, 7) is 10.1. The van der Waals surface area contributed by atoms with Crippen molar-refractivity contribution in [1.29, 1.82) is 0 Å². The van der Waals surface area contributed by atoms with Gasteiger partial charge >= 0.3 is 0 Å². The van der Waals surface area contributed by atoms with Crippen molar-refractivity contribution in [1.82, 2.24) is 35.2 Å². The predicted molar refractivity (Wildman–Crippen MR) is 278 cm³/mol. The molecule has 7 N–H and O–H groups in total. The molecule has 0 spiro atoms. The summed E-state index contributed by atoms with van der Waals surface area (Å²) in [6, 6.07) is 19.4. The number of benzene rings is 2. The molecule has 0 bridgehead atoms. The highest BCUT2D eigenvalue weighted by Gasteiger charge is 2.28. The third kappa shape index (κ3) is 14.3. The number of carbonyl (C=O) groups excluding carboxylic acids is 2. The van der Waals surface area contributed by atoms with Crippen LogP contribution in [0.3, 0.4) is 0 Å². The molecule has 15 heteroatoms. The van der Waals surface area contributed by atoms with Gasteiger partial charge in [-0.15, -0.1) is 0 Å². The topological polar surface area (TPSA) is 207 Å². The Kier molecular flexibility index (Phi) is 21.6. The van der Waals surface area contributed by atoms with Gasteiger partial charge in [0.2, 0.25) is 0 Å². The summed E-state index contributed by atoms with van der Waals surface area (Å²) in [4.78, 5) is 42.8. The van der Waals surface area contributed by atoms with E-state index in [-0.39, 0.29) is 43.7 Å². The molecule has 4 aromatic heterocycles. The first kappa shape index (κ1) is 55.2. The van der Waals surface area contributed by atoms with Gasteiger partial charge in [-0.25, -0.2) is 9.97 Å². The number of aryl methyl sites for hydroxylation is 2. The number of carbonyl (C=O) groups is 2.